The highest BCUT2D eigenvalue weighted by atomic mass is 15.1. The molecule has 0 radical (unpaired) electrons. The maximum Gasteiger partial charge on any atom is 0.160 e. The molecule has 0 bridgehead atoms. The summed E-state index contributed by atoms with van der Waals surface area (Å²) in [4.78, 5) is 10.3. The van der Waals surface area contributed by atoms with Crippen molar-refractivity contribution in [3.63, 3.8) is 0 Å². The molecule has 0 spiro atoms. The van der Waals surface area contributed by atoms with Crippen LogP contribution in [0.1, 0.15) is 18.2 Å². The summed E-state index contributed by atoms with van der Waals surface area (Å²) >= 11 is 0. The van der Waals surface area contributed by atoms with Crippen molar-refractivity contribution in [2.45, 2.75) is 12.3 Å². The van der Waals surface area contributed by atoms with Crippen molar-refractivity contribution in [1.29, 1.82) is 0 Å². The third kappa shape index (κ3) is 4.74. The van der Waals surface area contributed by atoms with Crippen LogP contribution in [0, 0.1) is 11.8 Å². The van der Waals surface area contributed by atoms with Crippen molar-refractivity contribution >= 4 is 21.8 Å². The van der Waals surface area contributed by atoms with Gasteiger partial charge >= 0.3 is 0 Å². The molecule has 4 nitrogen and oxygen atoms in total. The van der Waals surface area contributed by atoms with Gasteiger partial charge in [-0.25, -0.2) is 9.97 Å². The van der Waals surface area contributed by atoms with Gasteiger partial charge in [-0.3, -0.25) is 0 Å². The molecule has 0 amide bonds. The molecule has 3 aliphatic rings. The fourth-order valence-corrected chi connectivity index (χ4v) is 9.42. The molecule has 0 saturated carbocycles. The lowest BCUT2D eigenvalue weighted by Crippen LogP contribution is -2.39. The maximum atomic E-state index is 5.21. The molecule has 5 aromatic carbocycles. The molecular formula is C52H36N4. The van der Waals surface area contributed by atoms with E-state index in [1.807, 2.05) is 30.3 Å². The molecule has 4 heteroatoms. The monoisotopic (exact) mass is 716 g/mol. The largest absolute Gasteiger partial charge is 0.316 e. The fourth-order valence-electron chi connectivity index (χ4n) is 9.42. The third-order valence-corrected chi connectivity index (χ3v) is 11.8. The van der Waals surface area contributed by atoms with E-state index < -0.39 is 5.41 Å². The summed E-state index contributed by atoms with van der Waals surface area (Å²) < 4.78 is 4.95. The van der Waals surface area contributed by atoms with Crippen LogP contribution in [0.4, 0.5) is 0 Å². The molecular weight excluding hydrogens is 681 g/mol. The van der Waals surface area contributed by atoms with Gasteiger partial charge in [-0.15, -0.1) is 0 Å². The van der Waals surface area contributed by atoms with Gasteiger partial charge in [-0.05, 0) is 54.0 Å². The van der Waals surface area contributed by atoms with Crippen LogP contribution < -0.4 is 0 Å². The molecule has 0 N–H and O–H groups in total. The van der Waals surface area contributed by atoms with Crippen molar-refractivity contribution in [3.8, 4) is 45.3 Å². The van der Waals surface area contributed by atoms with E-state index in [-0.39, 0.29) is 11.8 Å². The molecule has 8 aromatic rings. The summed E-state index contributed by atoms with van der Waals surface area (Å²) in [6.07, 6.45) is 17.8. The van der Waals surface area contributed by atoms with Crippen LogP contribution in [0.2, 0.25) is 0 Å². The van der Waals surface area contributed by atoms with Crippen LogP contribution in [0.15, 0.2) is 205 Å². The average Bonchev–Trinajstić information content (AvgIpc) is 3.90. The topological polar surface area (TPSA) is 35.6 Å². The zero-order chi connectivity index (χ0) is 37.2. The van der Waals surface area contributed by atoms with E-state index in [0.29, 0.717) is 5.82 Å². The summed E-state index contributed by atoms with van der Waals surface area (Å²) in [5.74, 6) is 1.11. The number of rotatable bonds is 6. The number of benzene rings is 5. The molecule has 1 aliphatic heterocycles. The number of nitrogens with zero attached hydrogens (tertiary/aromatic N) is 4. The Hall–Kier alpha value is -7.22. The normalized spacial score (nSPS) is 19.1. The van der Waals surface area contributed by atoms with Gasteiger partial charge in [-0.2, -0.15) is 0 Å². The Morgan fingerprint density at radius 3 is 2.16 bits per heavy atom. The molecule has 2 aliphatic carbocycles. The first-order valence-corrected chi connectivity index (χ1v) is 19.3. The molecule has 11 rings (SSSR count). The zero-order valence-electron chi connectivity index (χ0n) is 30.8. The lowest BCUT2D eigenvalue weighted by Gasteiger charge is -2.41. The number of hydrogen-bond donors (Lipinski definition) is 0. The number of fused-ring (bicyclic) bond motifs is 7. The summed E-state index contributed by atoms with van der Waals surface area (Å²) in [6, 6.07) is 49.4. The molecule has 4 heterocycles. The van der Waals surface area contributed by atoms with Gasteiger partial charge in [-0.1, -0.05) is 158 Å². The first-order chi connectivity index (χ1) is 27.7. The standard InChI is InChI=1S/C52H36N4/c1-35-18-11-13-28-43(35)52(39-24-9-4-10-25-39)44-29-14-16-31-48(44)55-34-42-41-27-12-15-30-47(41)56(49(42)50(52)55)40-26-17-23-38(32-40)46-33-45(36-19-5-2-6-20-36)53-51(54-46)37-21-7-3-8-22-37/h2-9,11-24,26-35,43H,1H3. The Kier molecular flexibility index (Phi) is 7.30. The first kappa shape index (κ1) is 32.2. The van der Waals surface area contributed by atoms with Crippen LogP contribution in [0.3, 0.4) is 0 Å². The minimum Gasteiger partial charge on any atom is -0.316 e. The number of aromatic nitrogens is 4. The average molecular weight is 717 g/mol. The predicted octanol–water partition coefficient (Wildman–Crippen LogP) is 12.1. The minimum atomic E-state index is -0.539. The van der Waals surface area contributed by atoms with Crippen molar-refractivity contribution in [1.82, 2.24) is 19.1 Å². The Bertz CT molecular complexity index is 3010. The second kappa shape index (κ2) is 12.7. The van der Waals surface area contributed by atoms with Crippen LogP contribution >= 0.6 is 0 Å². The highest BCUT2D eigenvalue weighted by molar-refractivity contribution is 6.12. The van der Waals surface area contributed by atoms with E-state index in [9.17, 15) is 0 Å². The quantitative estimate of drug-likeness (QED) is 0.161. The van der Waals surface area contributed by atoms with E-state index in [1.54, 1.807) is 0 Å². The molecule has 0 fully saturated rings. The Morgan fingerprint density at radius 1 is 0.643 bits per heavy atom. The van der Waals surface area contributed by atoms with Gasteiger partial charge < -0.3 is 9.13 Å². The first-order valence-electron chi connectivity index (χ1n) is 19.3. The van der Waals surface area contributed by atoms with Crippen molar-refractivity contribution in [3.05, 3.63) is 217 Å². The highest BCUT2D eigenvalue weighted by Gasteiger charge is 2.54. The molecule has 56 heavy (non-hydrogen) atoms. The van der Waals surface area contributed by atoms with Gasteiger partial charge in [0.25, 0.3) is 0 Å². The lowest BCUT2D eigenvalue weighted by atomic mass is 9.59. The second-order valence-electron chi connectivity index (χ2n) is 14.9. The Morgan fingerprint density at radius 2 is 1.36 bits per heavy atom. The number of para-hydroxylation sites is 2. The van der Waals surface area contributed by atoms with Gasteiger partial charge in [0.1, 0.15) is 0 Å². The molecule has 264 valence electrons. The van der Waals surface area contributed by atoms with E-state index in [4.69, 9.17) is 9.97 Å². The third-order valence-electron chi connectivity index (χ3n) is 11.8. The second-order valence-corrected chi connectivity index (χ2v) is 14.9. The van der Waals surface area contributed by atoms with E-state index >= 15 is 0 Å². The van der Waals surface area contributed by atoms with Gasteiger partial charge in [0.05, 0.1) is 33.5 Å². The fraction of sp³-hybridized carbons (Fsp3) is 0.0769. The summed E-state index contributed by atoms with van der Waals surface area (Å²) in [7, 11) is 0. The van der Waals surface area contributed by atoms with Gasteiger partial charge in [0.2, 0.25) is 0 Å². The van der Waals surface area contributed by atoms with Crippen LogP contribution in [0.25, 0.3) is 67.1 Å². The maximum absolute atomic E-state index is 5.21. The number of allylic oxidation sites excluding steroid dienone is 8. The van der Waals surface area contributed by atoms with Crippen molar-refractivity contribution < 1.29 is 0 Å². The summed E-state index contributed by atoms with van der Waals surface area (Å²) in [6.45, 7) is 2.35. The SMILES string of the molecule is CC1C=CC=CC1C1(C2=C=C=CC=C2)c2ccccc2-n2cc3c4ccccc4n(-c4cccc(-c5cc(-c6ccccc6)nc(-c6ccccc6)n5)c4)c3c21. The predicted molar refractivity (Wildman–Crippen MR) is 228 cm³/mol. The minimum absolute atomic E-state index is 0.131. The van der Waals surface area contributed by atoms with Gasteiger partial charge in [0, 0.05) is 56.5 Å². The Balaban J connectivity index is 1.20. The molecule has 3 unspecified atom stereocenters. The lowest BCUT2D eigenvalue weighted by molar-refractivity contribution is 0.370. The zero-order valence-corrected chi connectivity index (χ0v) is 30.8. The van der Waals surface area contributed by atoms with E-state index in [2.05, 4.69) is 185 Å². The summed E-state index contributed by atoms with van der Waals surface area (Å²) in [5.41, 5.74) is 19.6. The summed E-state index contributed by atoms with van der Waals surface area (Å²) in [5, 5.41) is 2.44. The molecule has 3 atom stereocenters. The van der Waals surface area contributed by atoms with Crippen LogP contribution in [0.5, 0.6) is 0 Å². The van der Waals surface area contributed by atoms with Crippen LogP contribution in [-0.2, 0) is 5.41 Å². The Labute approximate surface area is 325 Å². The van der Waals surface area contributed by atoms with E-state index in [0.717, 1.165) is 44.9 Å². The molecule has 3 aromatic heterocycles. The number of hydrogen-bond acceptors (Lipinski definition) is 2. The highest BCUT2D eigenvalue weighted by Crippen LogP contribution is 2.59. The van der Waals surface area contributed by atoms with Gasteiger partial charge in [0.15, 0.2) is 5.82 Å². The van der Waals surface area contributed by atoms with Crippen LogP contribution in [-0.4, -0.2) is 19.1 Å². The van der Waals surface area contributed by atoms with E-state index in [1.165, 1.54) is 33.2 Å². The smallest absolute Gasteiger partial charge is 0.160 e. The molecule has 0 saturated heterocycles. The van der Waals surface area contributed by atoms with Crippen molar-refractivity contribution in [2.75, 3.05) is 0 Å². The van der Waals surface area contributed by atoms with Crippen molar-refractivity contribution in [2.24, 2.45) is 11.8 Å².